The molecule has 0 saturated carbocycles. The average molecular weight is 286 g/mol. The zero-order valence-electron chi connectivity index (χ0n) is 13.4. The maximum absolute atomic E-state index is 11.9. The molecule has 0 aliphatic rings. The molecule has 0 aliphatic heterocycles. The van der Waals surface area contributed by atoms with Crippen molar-refractivity contribution in [1.29, 1.82) is 0 Å². The first kappa shape index (κ1) is 18.9. The smallest absolute Gasteiger partial charge is 0.303 e. The van der Waals surface area contributed by atoms with Gasteiger partial charge in [-0.25, -0.2) is 0 Å². The van der Waals surface area contributed by atoms with Crippen LogP contribution in [0.15, 0.2) is 0 Å². The van der Waals surface area contributed by atoms with Crippen molar-refractivity contribution in [2.75, 3.05) is 26.2 Å². The highest BCUT2D eigenvalue weighted by Gasteiger charge is 2.13. The lowest BCUT2D eigenvalue weighted by molar-refractivity contribution is -0.137. The van der Waals surface area contributed by atoms with Gasteiger partial charge in [-0.05, 0) is 53.6 Å². The topological polar surface area (TPSA) is 60.9 Å². The molecule has 0 saturated heterocycles. The molecule has 118 valence electrons. The maximum Gasteiger partial charge on any atom is 0.303 e. The fraction of sp³-hybridized carbons (Fsp3) is 0.867. The van der Waals surface area contributed by atoms with E-state index < -0.39 is 5.97 Å². The van der Waals surface area contributed by atoms with Crippen molar-refractivity contribution >= 4 is 11.9 Å². The minimum atomic E-state index is -0.745. The molecule has 1 amide bonds. The molecule has 0 aromatic heterocycles. The van der Waals surface area contributed by atoms with Crippen molar-refractivity contribution in [3.8, 4) is 0 Å². The van der Waals surface area contributed by atoms with E-state index in [9.17, 15) is 9.59 Å². The third-order valence-electron chi connectivity index (χ3n) is 3.52. The highest BCUT2D eigenvalue weighted by molar-refractivity contribution is 5.76. The number of carboxylic acid groups (broad SMARTS) is 1. The molecule has 0 rings (SSSR count). The van der Waals surface area contributed by atoms with Crippen LogP contribution in [0.25, 0.3) is 0 Å². The zero-order valence-corrected chi connectivity index (χ0v) is 13.4. The van der Waals surface area contributed by atoms with Gasteiger partial charge >= 0.3 is 5.97 Å². The summed E-state index contributed by atoms with van der Waals surface area (Å²) in [5, 5.41) is 8.66. The van der Waals surface area contributed by atoms with Gasteiger partial charge in [0.2, 0.25) is 5.91 Å². The zero-order chi connectivity index (χ0) is 15.5. The number of nitrogens with zero attached hydrogens (tertiary/aromatic N) is 2. The summed E-state index contributed by atoms with van der Waals surface area (Å²) in [6.07, 6.45) is 2.28. The van der Waals surface area contributed by atoms with E-state index in [1.807, 2.05) is 18.7 Å². The lowest BCUT2D eigenvalue weighted by Crippen LogP contribution is -2.35. The summed E-state index contributed by atoms with van der Waals surface area (Å²) in [5.41, 5.74) is 0. The fourth-order valence-electron chi connectivity index (χ4n) is 2.23. The van der Waals surface area contributed by atoms with Crippen molar-refractivity contribution in [1.82, 2.24) is 9.80 Å². The van der Waals surface area contributed by atoms with E-state index in [0.29, 0.717) is 18.9 Å². The predicted octanol–water partition coefficient (Wildman–Crippen LogP) is 2.21. The van der Waals surface area contributed by atoms with E-state index in [1.165, 1.54) is 0 Å². The van der Waals surface area contributed by atoms with Gasteiger partial charge in [0.05, 0.1) is 0 Å². The maximum atomic E-state index is 11.9. The van der Waals surface area contributed by atoms with Gasteiger partial charge < -0.3 is 14.9 Å². The lowest BCUT2D eigenvalue weighted by atomic mass is 10.2. The number of carbonyl (C=O) groups excluding carboxylic acids is 1. The van der Waals surface area contributed by atoms with E-state index in [1.54, 1.807) is 0 Å². The Morgan fingerprint density at radius 1 is 1.00 bits per heavy atom. The predicted molar refractivity (Wildman–Crippen MR) is 80.7 cm³/mol. The summed E-state index contributed by atoms with van der Waals surface area (Å²) >= 11 is 0. The molecular weight excluding hydrogens is 256 g/mol. The van der Waals surface area contributed by atoms with Gasteiger partial charge in [-0.1, -0.05) is 0 Å². The molecule has 5 nitrogen and oxygen atoms in total. The normalized spacial score (nSPS) is 11.1. The Bertz CT molecular complexity index is 289. The standard InChI is InChI=1S/C15H30N2O3/c1-5-16(6-2)14(18)9-7-11-17(13(3)4)12-8-10-15(19)20/h13H,5-12H2,1-4H3,(H,19,20). The molecule has 0 spiro atoms. The van der Waals surface area contributed by atoms with Crippen molar-refractivity contribution in [3.05, 3.63) is 0 Å². The molecule has 0 radical (unpaired) electrons. The monoisotopic (exact) mass is 286 g/mol. The van der Waals surface area contributed by atoms with E-state index in [0.717, 1.165) is 32.6 Å². The molecule has 0 aromatic carbocycles. The van der Waals surface area contributed by atoms with Crippen LogP contribution in [0.1, 0.15) is 53.4 Å². The number of amides is 1. The van der Waals surface area contributed by atoms with Gasteiger partial charge in [0, 0.05) is 32.0 Å². The van der Waals surface area contributed by atoms with Gasteiger partial charge in [-0.3, -0.25) is 9.59 Å². The second-order valence-electron chi connectivity index (χ2n) is 5.30. The van der Waals surface area contributed by atoms with Gasteiger partial charge in [-0.15, -0.1) is 0 Å². The third kappa shape index (κ3) is 8.15. The Morgan fingerprint density at radius 3 is 1.90 bits per heavy atom. The average Bonchev–Trinajstić information content (AvgIpc) is 2.37. The van der Waals surface area contributed by atoms with Gasteiger partial charge in [0.15, 0.2) is 0 Å². The Hall–Kier alpha value is -1.10. The molecule has 5 heteroatoms. The van der Waals surface area contributed by atoms with Crippen LogP contribution in [0.4, 0.5) is 0 Å². The van der Waals surface area contributed by atoms with Crippen LogP contribution >= 0.6 is 0 Å². The fourth-order valence-corrected chi connectivity index (χ4v) is 2.23. The van der Waals surface area contributed by atoms with Crippen LogP contribution in [-0.2, 0) is 9.59 Å². The Labute approximate surface area is 122 Å². The number of aliphatic carboxylic acids is 1. The quantitative estimate of drug-likeness (QED) is 0.632. The minimum Gasteiger partial charge on any atom is -0.481 e. The van der Waals surface area contributed by atoms with Crippen LogP contribution in [0.2, 0.25) is 0 Å². The lowest BCUT2D eigenvalue weighted by Gasteiger charge is -2.26. The highest BCUT2D eigenvalue weighted by atomic mass is 16.4. The molecule has 20 heavy (non-hydrogen) atoms. The first-order chi connectivity index (χ1) is 9.42. The van der Waals surface area contributed by atoms with Gasteiger partial charge in [-0.2, -0.15) is 0 Å². The molecule has 0 aliphatic carbocycles. The molecule has 0 atom stereocenters. The SMILES string of the molecule is CCN(CC)C(=O)CCCN(CCCC(=O)O)C(C)C. The second-order valence-corrected chi connectivity index (χ2v) is 5.30. The number of rotatable bonds is 11. The van der Waals surface area contributed by atoms with Gasteiger partial charge in [0.25, 0.3) is 0 Å². The van der Waals surface area contributed by atoms with Crippen molar-refractivity contribution < 1.29 is 14.7 Å². The number of hydrogen-bond acceptors (Lipinski definition) is 3. The minimum absolute atomic E-state index is 0.210. The summed E-state index contributed by atoms with van der Waals surface area (Å²) in [6.45, 7) is 11.4. The van der Waals surface area contributed by atoms with E-state index in [2.05, 4.69) is 18.7 Å². The summed E-state index contributed by atoms with van der Waals surface area (Å²) in [5.74, 6) is -0.533. The van der Waals surface area contributed by atoms with Crippen molar-refractivity contribution in [3.63, 3.8) is 0 Å². The largest absolute Gasteiger partial charge is 0.481 e. The van der Waals surface area contributed by atoms with Crippen LogP contribution in [-0.4, -0.2) is 59.0 Å². The summed E-state index contributed by atoms with van der Waals surface area (Å²) in [7, 11) is 0. The van der Waals surface area contributed by atoms with E-state index in [4.69, 9.17) is 5.11 Å². The molecule has 0 aromatic rings. The Morgan fingerprint density at radius 2 is 1.50 bits per heavy atom. The van der Waals surface area contributed by atoms with Crippen molar-refractivity contribution in [2.45, 2.75) is 59.4 Å². The van der Waals surface area contributed by atoms with E-state index in [-0.39, 0.29) is 12.3 Å². The number of hydrogen-bond donors (Lipinski definition) is 1. The number of carboxylic acids is 1. The van der Waals surface area contributed by atoms with Crippen LogP contribution in [0.5, 0.6) is 0 Å². The third-order valence-corrected chi connectivity index (χ3v) is 3.52. The second kappa shape index (κ2) is 10.7. The molecule has 0 fully saturated rings. The van der Waals surface area contributed by atoms with E-state index >= 15 is 0 Å². The molecular formula is C15H30N2O3. The molecule has 0 heterocycles. The van der Waals surface area contributed by atoms with Crippen LogP contribution in [0, 0.1) is 0 Å². The van der Waals surface area contributed by atoms with Crippen molar-refractivity contribution in [2.24, 2.45) is 0 Å². The van der Waals surface area contributed by atoms with Crippen LogP contribution < -0.4 is 0 Å². The summed E-state index contributed by atoms with van der Waals surface area (Å²) < 4.78 is 0. The number of carbonyl (C=O) groups is 2. The molecule has 0 unspecified atom stereocenters. The highest BCUT2D eigenvalue weighted by Crippen LogP contribution is 2.06. The van der Waals surface area contributed by atoms with Gasteiger partial charge in [0.1, 0.15) is 0 Å². The van der Waals surface area contributed by atoms with Crippen LogP contribution in [0.3, 0.4) is 0 Å². The summed E-state index contributed by atoms with van der Waals surface area (Å²) in [6, 6.07) is 0.382. The first-order valence-corrected chi connectivity index (χ1v) is 7.65. The first-order valence-electron chi connectivity index (χ1n) is 7.65. The molecule has 1 N–H and O–H groups in total. The summed E-state index contributed by atoms with van der Waals surface area (Å²) in [4.78, 5) is 26.5. The molecule has 0 bridgehead atoms. The Kier molecular flexibility index (Phi) is 10.1. The Balaban J connectivity index is 4.02.